The monoisotopic (exact) mass is 298 g/mol. The Labute approximate surface area is 124 Å². The van der Waals surface area contributed by atoms with Crippen LogP contribution in [0, 0.1) is 10.1 Å². The summed E-state index contributed by atoms with van der Waals surface area (Å²) in [6.07, 6.45) is 4.26. The van der Waals surface area contributed by atoms with Crippen LogP contribution in [0.15, 0.2) is 18.2 Å². The third-order valence-corrected chi connectivity index (χ3v) is 3.28. The second kappa shape index (κ2) is 8.68. The van der Waals surface area contributed by atoms with Crippen LogP contribution in [0.5, 0.6) is 5.75 Å². The van der Waals surface area contributed by atoms with Gasteiger partial charge in [0.2, 0.25) is 0 Å². The maximum Gasteiger partial charge on any atom is 0.275 e. The van der Waals surface area contributed by atoms with Gasteiger partial charge in [-0.15, -0.1) is 0 Å². The number of anilines is 1. The van der Waals surface area contributed by atoms with Gasteiger partial charge in [0.15, 0.2) is 0 Å². The molecule has 1 aromatic rings. The zero-order chi connectivity index (χ0) is 15.0. The molecule has 1 rings (SSSR count). The van der Waals surface area contributed by atoms with Crippen LogP contribution in [0.1, 0.15) is 26.7 Å². The first-order valence-corrected chi connectivity index (χ1v) is 8.11. The van der Waals surface area contributed by atoms with E-state index < -0.39 is 4.92 Å². The van der Waals surface area contributed by atoms with Crippen LogP contribution in [0.2, 0.25) is 0 Å². The summed E-state index contributed by atoms with van der Waals surface area (Å²) in [6.45, 7) is 4.60. The Balaban J connectivity index is 2.68. The molecule has 0 radical (unpaired) electrons. The van der Waals surface area contributed by atoms with Gasteiger partial charge < -0.3 is 10.1 Å². The highest BCUT2D eigenvalue weighted by molar-refractivity contribution is 7.98. The van der Waals surface area contributed by atoms with Crippen molar-refractivity contribution in [1.29, 1.82) is 0 Å². The van der Waals surface area contributed by atoms with Crippen molar-refractivity contribution in [1.82, 2.24) is 0 Å². The van der Waals surface area contributed by atoms with Crippen LogP contribution in [0.4, 0.5) is 11.4 Å². The molecule has 0 aromatic heterocycles. The highest BCUT2D eigenvalue weighted by Crippen LogP contribution is 2.26. The fraction of sp³-hybridized carbons (Fsp3) is 0.571. The maximum atomic E-state index is 10.9. The summed E-state index contributed by atoms with van der Waals surface area (Å²) >= 11 is 1.83. The van der Waals surface area contributed by atoms with E-state index in [4.69, 9.17) is 4.74 Å². The van der Waals surface area contributed by atoms with Crippen LogP contribution >= 0.6 is 11.8 Å². The summed E-state index contributed by atoms with van der Waals surface area (Å²) in [6, 6.07) is 4.81. The number of unbranched alkanes of at least 4 members (excludes halogenated alkanes) is 1. The van der Waals surface area contributed by atoms with Gasteiger partial charge in [0.25, 0.3) is 5.69 Å². The van der Waals surface area contributed by atoms with Crippen LogP contribution in [-0.2, 0) is 0 Å². The summed E-state index contributed by atoms with van der Waals surface area (Å²) in [5.74, 6) is 1.67. The van der Waals surface area contributed by atoms with E-state index in [2.05, 4.69) is 11.6 Å². The number of ether oxygens (including phenoxy) is 1. The van der Waals surface area contributed by atoms with E-state index in [0.717, 1.165) is 30.8 Å². The average molecular weight is 298 g/mol. The summed E-state index contributed by atoms with van der Waals surface area (Å²) < 4.78 is 5.54. The fourth-order valence-corrected chi connectivity index (χ4v) is 2.23. The lowest BCUT2D eigenvalue weighted by atomic mass is 10.2. The molecular formula is C14H22N2O3S. The first-order valence-electron chi connectivity index (χ1n) is 6.72. The average Bonchev–Trinajstić information content (AvgIpc) is 2.37. The van der Waals surface area contributed by atoms with Gasteiger partial charge in [-0.05, 0) is 38.7 Å². The van der Waals surface area contributed by atoms with E-state index >= 15 is 0 Å². The minimum absolute atomic E-state index is 0.00793. The standard InChI is InChI=1S/C14H22N2O3S/c1-11(2)19-14-9-12(8-13(10-14)16(17)18)15-6-4-5-7-20-3/h8-11,15H,4-7H2,1-3H3. The van der Waals surface area contributed by atoms with Crippen molar-refractivity contribution in [3.8, 4) is 5.75 Å². The van der Waals surface area contributed by atoms with Gasteiger partial charge in [0.05, 0.1) is 17.1 Å². The smallest absolute Gasteiger partial charge is 0.275 e. The van der Waals surface area contributed by atoms with Gasteiger partial charge in [0.1, 0.15) is 5.75 Å². The maximum absolute atomic E-state index is 10.9. The Bertz CT molecular complexity index is 438. The zero-order valence-corrected chi connectivity index (χ0v) is 13.0. The van der Waals surface area contributed by atoms with E-state index in [1.165, 1.54) is 6.07 Å². The topological polar surface area (TPSA) is 64.4 Å². The number of nitrogens with zero attached hydrogens (tertiary/aromatic N) is 1. The number of nitro benzene ring substituents is 1. The van der Waals surface area contributed by atoms with Gasteiger partial charge in [-0.25, -0.2) is 0 Å². The predicted molar refractivity (Wildman–Crippen MR) is 85.0 cm³/mol. The number of benzene rings is 1. The molecule has 0 aliphatic rings. The summed E-state index contributed by atoms with van der Waals surface area (Å²) in [4.78, 5) is 10.5. The molecule has 0 bridgehead atoms. The number of hydrogen-bond acceptors (Lipinski definition) is 5. The molecule has 1 aromatic carbocycles. The molecule has 20 heavy (non-hydrogen) atoms. The molecule has 0 atom stereocenters. The third kappa shape index (κ3) is 6.14. The van der Waals surface area contributed by atoms with Gasteiger partial charge in [0, 0.05) is 24.4 Å². The van der Waals surface area contributed by atoms with Crippen LogP contribution < -0.4 is 10.1 Å². The van der Waals surface area contributed by atoms with Crippen LogP contribution in [-0.4, -0.2) is 29.6 Å². The molecule has 6 heteroatoms. The molecule has 5 nitrogen and oxygen atoms in total. The lowest BCUT2D eigenvalue weighted by Crippen LogP contribution is -2.07. The van der Waals surface area contributed by atoms with E-state index in [-0.39, 0.29) is 11.8 Å². The molecule has 0 spiro atoms. The van der Waals surface area contributed by atoms with Crippen molar-refractivity contribution in [3.05, 3.63) is 28.3 Å². The molecule has 0 fully saturated rings. The van der Waals surface area contributed by atoms with Gasteiger partial charge in [-0.2, -0.15) is 11.8 Å². The molecule has 112 valence electrons. The van der Waals surface area contributed by atoms with Gasteiger partial charge in [-0.3, -0.25) is 10.1 Å². The van der Waals surface area contributed by atoms with Crippen molar-refractivity contribution in [2.75, 3.05) is 23.9 Å². The Morgan fingerprint density at radius 2 is 2.10 bits per heavy atom. The fourth-order valence-electron chi connectivity index (χ4n) is 1.74. The molecular weight excluding hydrogens is 276 g/mol. The van der Waals surface area contributed by atoms with E-state index in [0.29, 0.717) is 5.75 Å². The lowest BCUT2D eigenvalue weighted by molar-refractivity contribution is -0.384. The number of nitrogens with one attached hydrogen (secondary N) is 1. The van der Waals surface area contributed by atoms with Gasteiger partial charge in [-0.1, -0.05) is 0 Å². The zero-order valence-electron chi connectivity index (χ0n) is 12.2. The first-order chi connectivity index (χ1) is 9.52. The second-order valence-electron chi connectivity index (χ2n) is 4.77. The first kappa shape index (κ1) is 16.6. The normalized spacial score (nSPS) is 10.6. The van der Waals surface area contributed by atoms with Gasteiger partial charge >= 0.3 is 0 Å². The SMILES string of the molecule is CSCCCCNc1cc(OC(C)C)cc([N+](=O)[O-])c1. The minimum atomic E-state index is -0.397. The van der Waals surface area contributed by atoms with E-state index in [1.807, 2.05) is 31.7 Å². The highest BCUT2D eigenvalue weighted by atomic mass is 32.2. The van der Waals surface area contributed by atoms with Crippen LogP contribution in [0.25, 0.3) is 0 Å². The molecule has 0 heterocycles. The summed E-state index contributed by atoms with van der Waals surface area (Å²) in [5.41, 5.74) is 0.786. The summed E-state index contributed by atoms with van der Waals surface area (Å²) in [5, 5.41) is 14.1. The third-order valence-electron chi connectivity index (χ3n) is 2.58. The molecule has 0 saturated carbocycles. The number of rotatable bonds is 9. The lowest BCUT2D eigenvalue weighted by Gasteiger charge is -2.12. The van der Waals surface area contributed by atoms with Crippen LogP contribution in [0.3, 0.4) is 0 Å². The quantitative estimate of drug-likeness (QED) is 0.425. The van der Waals surface area contributed by atoms with Crippen molar-refractivity contribution < 1.29 is 9.66 Å². The molecule has 0 unspecified atom stereocenters. The van der Waals surface area contributed by atoms with Crippen molar-refractivity contribution in [2.45, 2.75) is 32.8 Å². The number of thioether (sulfide) groups is 1. The number of hydrogen-bond donors (Lipinski definition) is 1. The van der Waals surface area contributed by atoms with Crippen molar-refractivity contribution in [2.24, 2.45) is 0 Å². The van der Waals surface area contributed by atoms with Crippen molar-refractivity contribution in [3.63, 3.8) is 0 Å². The number of non-ortho nitro benzene ring substituents is 1. The Morgan fingerprint density at radius 3 is 2.70 bits per heavy atom. The Kier molecular flexibility index (Phi) is 7.22. The molecule has 0 amide bonds. The molecule has 1 N–H and O–H groups in total. The molecule has 0 aliphatic carbocycles. The van der Waals surface area contributed by atoms with E-state index in [1.54, 1.807) is 6.07 Å². The second-order valence-corrected chi connectivity index (χ2v) is 5.75. The Morgan fingerprint density at radius 1 is 1.35 bits per heavy atom. The largest absolute Gasteiger partial charge is 0.491 e. The minimum Gasteiger partial charge on any atom is -0.491 e. The Hall–Kier alpha value is -1.43. The molecule has 0 aliphatic heterocycles. The van der Waals surface area contributed by atoms with Crippen molar-refractivity contribution >= 4 is 23.1 Å². The summed E-state index contributed by atoms with van der Waals surface area (Å²) in [7, 11) is 0. The molecule has 0 saturated heterocycles. The highest BCUT2D eigenvalue weighted by Gasteiger charge is 2.11. The van der Waals surface area contributed by atoms with E-state index in [9.17, 15) is 10.1 Å². The predicted octanol–water partition coefficient (Wildman–Crippen LogP) is 3.94. The number of nitro groups is 1.